The number of rotatable bonds is 7. The average Bonchev–Trinajstić information content (AvgIpc) is 3.35. The zero-order valence-corrected chi connectivity index (χ0v) is 15.8. The van der Waals surface area contributed by atoms with E-state index < -0.39 is 0 Å². The summed E-state index contributed by atoms with van der Waals surface area (Å²) in [5, 5.41) is 14.0. The van der Waals surface area contributed by atoms with Crippen molar-refractivity contribution in [1.82, 2.24) is 25.1 Å². The number of para-hydroxylation sites is 1. The molecule has 6 nitrogen and oxygen atoms in total. The number of nitrogens with one attached hydrogen (secondary N) is 1. The van der Waals surface area contributed by atoms with Crippen LogP contribution in [0.2, 0.25) is 0 Å². The monoisotopic (exact) mass is 375 g/mol. The summed E-state index contributed by atoms with van der Waals surface area (Å²) in [5.41, 5.74) is 1.07. The van der Waals surface area contributed by atoms with Crippen LogP contribution in [0.1, 0.15) is 23.7 Å². The van der Waals surface area contributed by atoms with Gasteiger partial charge in [0.2, 0.25) is 0 Å². The van der Waals surface area contributed by atoms with Gasteiger partial charge in [-0.2, -0.15) is 0 Å². The summed E-state index contributed by atoms with van der Waals surface area (Å²) in [7, 11) is 1.93. The lowest BCUT2D eigenvalue weighted by atomic mass is 10.2. The number of ether oxygens (including phenoxy) is 1. The van der Waals surface area contributed by atoms with Crippen molar-refractivity contribution in [3.63, 3.8) is 0 Å². The molecule has 0 aliphatic carbocycles. The van der Waals surface area contributed by atoms with Gasteiger partial charge in [0.25, 0.3) is 0 Å². The molecule has 0 amide bonds. The zero-order chi connectivity index (χ0) is 17.1. The molecule has 132 valence electrons. The maximum atomic E-state index is 5.80. The van der Waals surface area contributed by atoms with Gasteiger partial charge in [0, 0.05) is 6.61 Å². The summed E-state index contributed by atoms with van der Waals surface area (Å²) in [6.45, 7) is 2.40. The van der Waals surface area contributed by atoms with Gasteiger partial charge in [-0.3, -0.25) is 0 Å². The van der Waals surface area contributed by atoms with Crippen LogP contribution in [0.15, 0.2) is 29.4 Å². The summed E-state index contributed by atoms with van der Waals surface area (Å²) >= 11 is 3.45. The highest BCUT2D eigenvalue weighted by Crippen LogP contribution is 2.28. The Balaban J connectivity index is 1.50. The molecule has 1 unspecified atom stereocenters. The van der Waals surface area contributed by atoms with E-state index >= 15 is 0 Å². The van der Waals surface area contributed by atoms with Gasteiger partial charge in [-0.05, 0) is 32.0 Å². The number of fused-ring (bicyclic) bond motifs is 1. The Morgan fingerprint density at radius 1 is 1.36 bits per heavy atom. The van der Waals surface area contributed by atoms with Crippen LogP contribution in [0, 0.1) is 0 Å². The molecule has 3 aromatic rings. The number of thiazole rings is 1. The van der Waals surface area contributed by atoms with Gasteiger partial charge in [0.05, 0.1) is 35.2 Å². The standard InChI is InChI=1S/C17H21N5OS2/c1-18-9-15-20-21-17(22(15)10-12-5-4-8-23-12)24-11-16-19-13-6-2-3-7-14(13)25-16/h2-3,6-7,12,18H,4-5,8-11H2,1H3. The number of nitrogens with zero attached hydrogens (tertiary/aromatic N) is 4. The first-order valence-electron chi connectivity index (χ1n) is 8.49. The number of aromatic nitrogens is 4. The predicted molar refractivity (Wildman–Crippen MR) is 101 cm³/mol. The van der Waals surface area contributed by atoms with E-state index in [1.54, 1.807) is 23.1 Å². The molecule has 2 aromatic heterocycles. The Morgan fingerprint density at radius 3 is 3.08 bits per heavy atom. The lowest BCUT2D eigenvalue weighted by Crippen LogP contribution is -2.20. The van der Waals surface area contributed by atoms with Gasteiger partial charge in [0.1, 0.15) is 10.8 Å². The van der Waals surface area contributed by atoms with E-state index in [0.29, 0.717) is 6.54 Å². The first-order chi connectivity index (χ1) is 12.3. The summed E-state index contributed by atoms with van der Waals surface area (Å²) in [6, 6.07) is 8.26. The third kappa shape index (κ3) is 3.87. The van der Waals surface area contributed by atoms with E-state index in [-0.39, 0.29) is 6.10 Å². The van der Waals surface area contributed by atoms with Crippen LogP contribution in [-0.4, -0.2) is 39.5 Å². The van der Waals surface area contributed by atoms with Crippen molar-refractivity contribution in [2.75, 3.05) is 13.7 Å². The van der Waals surface area contributed by atoms with Crippen LogP contribution < -0.4 is 5.32 Å². The smallest absolute Gasteiger partial charge is 0.191 e. The molecule has 1 saturated heterocycles. The molecule has 1 atom stereocenters. The Labute approximate surface area is 155 Å². The molecule has 3 heterocycles. The summed E-state index contributed by atoms with van der Waals surface area (Å²) in [6.07, 6.45) is 2.52. The second-order valence-corrected chi connectivity index (χ2v) is 8.10. The van der Waals surface area contributed by atoms with Crippen LogP contribution in [0.4, 0.5) is 0 Å². The highest BCUT2D eigenvalue weighted by molar-refractivity contribution is 7.98. The highest BCUT2D eigenvalue weighted by Gasteiger charge is 2.21. The maximum Gasteiger partial charge on any atom is 0.191 e. The molecule has 25 heavy (non-hydrogen) atoms. The van der Waals surface area contributed by atoms with Crippen molar-refractivity contribution in [3.05, 3.63) is 35.1 Å². The molecule has 1 aromatic carbocycles. The van der Waals surface area contributed by atoms with Gasteiger partial charge in [-0.1, -0.05) is 23.9 Å². The molecule has 1 aliphatic heterocycles. The normalized spacial score (nSPS) is 17.6. The Kier molecular flexibility index (Phi) is 5.30. The Morgan fingerprint density at radius 2 is 2.28 bits per heavy atom. The van der Waals surface area contributed by atoms with E-state index in [1.807, 2.05) is 13.1 Å². The molecule has 0 radical (unpaired) electrons. The fourth-order valence-electron chi connectivity index (χ4n) is 3.00. The summed E-state index contributed by atoms with van der Waals surface area (Å²) < 4.78 is 9.23. The second kappa shape index (κ2) is 7.82. The average molecular weight is 376 g/mol. The van der Waals surface area contributed by atoms with Crippen molar-refractivity contribution >= 4 is 33.3 Å². The van der Waals surface area contributed by atoms with Crippen molar-refractivity contribution in [2.45, 2.75) is 42.9 Å². The van der Waals surface area contributed by atoms with Gasteiger partial charge < -0.3 is 14.6 Å². The fourth-order valence-corrected chi connectivity index (χ4v) is 4.92. The van der Waals surface area contributed by atoms with Crippen LogP contribution in [0.25, 0.3) is 10.2 Å². The third-order valence-electron chi connectivity index (χ3n) is 4.20. The van der Waals surface area contributed by atoms with E-state index in [4.69, 9.17) is 9.72 Å². The number of hydrogen-bond donors (Lipinski definition) is 1. The molecule has 0 bridgehead atoms. The molecule has 1 fully saturated rings. The minimum atomic E-state index is 0.272. The topological polar surface area (TPSA) is 64.9 Å². The SMILES string of the molecule is CNCc1nnc(SCc2nc3ccccc3s2)n1CC1CCCO1. The summed E-state index contributed by atoms with van der Waals surface area (Å²) in [5.74, 6) is 1.77. The molecular weight excluding hydrogens is 354 g/mol. The quantitative estimate of drug-likeness (QED) is 0.640. The minimum absolute atomic E-state index is 0.272. The van der Waals surface area contributed by atoms with Crippen molar-refractivity contribution in [1.29, 1.82) is 0 Å². The third-order valence-corrected chi connectivity index (χ3v) is 6.40. The zero-order valence-electron chi connectivity index (χ0n) is 14.1. The van der Waals surface area contributed by atoms with E-state index in [9.17, 15) is 0 Å². The maximum absolute atomic E-state index is 5.80. The Hall–Kier alpha value is -1.48. The van der Waals surface area contributed by atoms with E-state index in [0.717, 1.165) is 53.3 Å². The lowest BCUT2D eigenvalue weighted by molar-refractivity contribution is 0.0941. The number of thioether (sulfide) groups is 1. The first kappa shape index (κ1) is 17.0. The number of benzene rings is 1. The van der Waals surface area contributed by atoms with Gasteiger partial charge >= 0.3 is 0 Å². The molecule has 1 aliphatic rings. The minimum Gasteiger partial charge on any atom is -0.376 e. The second-order valence-electron chi connectivity index (χ2n) is 6.04. The first-order valence-corrected chi connectivity index (χ1v) is 10.3. The van der Waals surface area contributed by atoms with Crippen LogP contribution in [0.5, 0.6) is 0 Å². The Bertz CT molecular complexity index is 808. The molecule has 4 rings (SSSR count). The van der Waals surface area contributed by atoms with Crippen molar-refractivity contribution < 1.29 is 4.74 Å². The van der Waals surface area contributed by atoms with Crippen LogP contribution in [-0.2, 0) is 23.6 Å². The van der Waals surface area contributed by atoms with E-state index in [2.05, 4.69) is 38.3 Å². The van der Waals surface area contributed by atoms with E-state index in [1.165, 1.54) is 4.70 Å². The van der Waals surface area contributed by atoms with Gasteiger partial charge in [-0.25, -0.2) is 4.98 Å². The van der Waals surface area contributed by atoms with Gasteiger partial charge in [-0.15, -0.1) is 21.5 Å². The lowest BCUT2D eigenvalue weighted by Gasteiger charge is -2.14. The van der Waals surface area contributed by atoms with Crippen LogP contribution >= 0.6 is 23.1 Å². The summed E-state index contributed by atoms with van der Waals surface area (Å²) in [4.78, 5) is 4.71. The van der Waals surface area contributed by atoms with Crippen LogP contribution in [0.3, 0.4) is 0 Å². The molecule has 0 spiro atoms. The largest absolute Gasteiger partial charge is 0.376 e. The number of hydrogen-bond acceptors (Lipinski definition) is 7. The van der Waals surface area contributed by atoms with Crippen molar-refractivity contribution in [2.24, 2.45) is 0 Å². The van der Waals surface area contributed by atoms with Crippen molar-refractivity contribution in [3.8, 4) is 0 Å². The molecular formula is C17H21N5OS2. The fraction of sp³-hybridized carbons (Fsp3) is 0.471. The highest BCUT2D eigenvalue weighted by atomic mass is 32.2. The van der Waals surface area contributed by atoms with Gasteiger partial charge in [0.15, 0.2) is 5.16 Å². The molecule has 0 saturated carbocycles. The molecule has 1 N–H and O–H groups in total. The predicted octanol–water partition coefficient (Wildman–Crippen LogP) is 3.08. The molecule has 8 heteroatoms.